The highest BCUT2D eigenvalue weighted by Crippen LogP contribution is 2.19. The Hall–Kier alpha value is -0.670. The molecule has 92 valence electrons. The van der Waals surface area contributed by atoms with Gasteiger partial charge in [-0.1, -0.05) is 43.0 Å². The van der Waals surface area contributed by atoms with E-state index in [0.29, 0.717) is 0 Å². The summed E-state index contributed by atoms with van der Waals surface area (Å²) in [5.41, 5.74) is 1.23. The van der Waals surface area contributed by atoms with Gasteiger partial charge in [-0.15, -0.1) is 11.8 Å². The molecule has 0 fully saturated rings. The molecule has 0 saturated heterocycles. The third-order valence-electron chi connectivity index (χ3n) is 2.07. The highest BCUT2D eigenvalue weighted by Gasteiger charge is 1.93. The third-order valence-corrected chi connectivity index (χ3v) is 3.79. The molecule has 0 aliphatic rings. The summed E-state index contributed by atoms with van der Waals surface area (Å²) in [7, 11) is 0. The number of carbonyl (C=O) groups is 1. The lowest BCUT2D eigenvalue weighted by Gasteiger charge is -1.99. The Labute approximate surface area is 112 Å². The molecule has 0 saturated carbocycles. The molecule has 1 aromatic rings. The third kappa shape index (κ3) is 6.59. The van der Waals surface area contributed by atoms with Gasteiger partial charge in [0.05, 0.1) is 0 Å². The molecule has 0 radical (unpaired) electrons. The molecular weight excluding hydrogens is 248 g/mol. The first-order valence-electron chi connectivity index (χ1n) is 5.75. The summed E-state index contributed by atoms with van der Waals surface area (Å²) in [6.07, 6.45) is 5.20. The molecule has 1 nitrogen and oxygen atoms in total. The van der Waals surface area contributed by atoms with E-state index >= 15 is 0 Å². The van der Waals surface area contributed by atoms with E-state index in [4.69, 9.17) is 0 Å². The second kappa shape index (κ2) is 8.43. The maximum Gasteiger partial charge on any atom is 0.185 e. The van der Waals surface area contributed by atoms with E-state index in [1.807, 2.05) is 11.8 Å². The van der Waals surface area contributed by atoms with Gasteiger partial charge in [0.25, 0.3) is 0 Å². The van der Waals surface area contributed by atoms with Gasteiger partial charge in [-0.3, -0.25) is 4.79 Å². The van der Waals surface area contributed by atoms with Crippen molar-refractivity contribution in [3.63, 3.8) is 0 Å². The standard InChI is InChI=1S/C14H18OS2/c1-3-16-14-9-6-8-13(11-14)7-4-5-10-17-12(2)15/h4,6-9,11H,3,5,10H2,1-2H3. The van der Waals surface area contributed by atoms with Crippen LogP contribution in [-0.4, -0.2) is 16.6 Å². The Morgan fingerprint density at radius 1 is 1.41 bits per heavy atom. The zero-order chi connectivity index (χ0) is 12.5. The van der Waals surface area contributed by atoms with Crippen LogP contribution in [0.15, 0.2) is 35.2 Å². The van der Waals surface area contributed by atoms with Gasteiger partial charge in [0, 0.05) is 17.6 Å². The van der Waals surface area contributed by atoms with E-state index in [9.17, 15) is 4.79 Å². The lowest BCUT2D eigenvalue weighted by molar-refractivity contribution is -0.109. The number of allylic oxidation sites excluding steroid dienone is 1. The summed E-state index contributed by atoms with van der Waals surface area (Å²) in [5.74, 6) is 1.97. The molecule has 1 rings (SSSR count). The second-order valence-corrected chi connectivity index (χ2v) is 6.15. The van der Waals surface area contributed by atoms with Gasteiger partial charge in [0.15, 0.2) is 5.12 Å². The van der Waals surface area contributed by atoms with Gasteiger partial charge in [0.2, 0.25) is 0 Å². The topological polar surface area (TPSA) is 17.1 Å². The first-order valence-corrected chi connectivity index (χ1v) is 7.72. The highest BCUT2D eigenvalue weighted by molar-refractivity contribution is 8.13. The Morgan fingerprint density at radius 2 is 2.24 bits per heavy atom. The van der Waals surface area contributed by atoms with E-state index in [-0.39, 0.29) is 5.12 Å². The second-order valence-electron chi connectivity index (χ2n) is 3.54. The van der Waals surface area contributed by atoms with E-state index < -0.39 is 0 Å². The zero-order valence-electron chi connectivity index (χ0n) is 10.3. The Kier molecular flexibility index (Phi) is 7.13. The van der Waals surface area contributed by atoms with Gasteiger partial charge in [-0.05, 0) is 29.9 Å². The van der Waals surface area contributed by atoms with Crippen LogP contribution in [0.4, 0.5) is 0 Å². The Bertz CT molecular complexity index is 386. The van der Waals surface area contributed by atoms with Crippen LogP contribution in [0.5, 0.6) is 0 Å². The minimum absolute atomic E-state index is 0.194. The predicted molar refractivity (Wildman–Crippen MR) is 79.6 cm³/mol. The fourth-order valence-electron chi connectivity index (χ4n) is 1.36. The van der Waals surface area contributed by atoms with Crippen molar-refractivity contribution in [1.29, 1.82) is 0 Å². The van der Waals surface area contributed by atoms with Crippen molar-refractivity contribution in [3.05, 3.63) is 35.9 Å². The lowest BCUT2D eigenvalue weighted by Crippen LogP contribution is -1.83. The fraction of sp³-hybridized carbons (Fsp3) is 0.357. The van der Waals surface area contributed by atoms with Crippen LogP contribution in [0.2, 0.25) is 0 Å². The number of thioether (sulfide) groups is 2. The molecular formula is C14H18OS2. The van der Waals surface area contributed by atoms with Gasteiger partial charge in [-0.25, -0.2) is 0 Å². The van der Waals surface area contributed by atoms with Crippen molar-refractivity contribution in [2.45, 2.75) is 25.2 Å². The van der Waals surface area contributed by atoms with Gasteiger partial charge in [-0.2, -0.15) is 0 Å². The summed E-state index contributed by atoms with van der Waals surface area (Å²) >= 11 is 3.24. The van der Waals surface area contributed by atoms with Crippen LogP contribution in [0.1, 0.15) is 25.8 Å². The molecule has 0 atom stereocenters. The molecule has 17 heavy (non-hydrogen) atoms. The van der Waals surface area contributed by atoms with Gasteiger partial charge >= 0.3 is 0 Å². The molecule has 0 aliphatic carbocycles. The van der Waals surface area contributed by atoms with Crippen LogP contribution in [0.3, 0.4) is 0 Å². The van der Waals surface area contributed by atoms with Crippen molar-refractivity contribution in [3.8, 4) is 0 Å². The normalized spacial score (nSPS) is 10.9. The van der Waals surface area contributed by atoms with Crippen LogP contribution in [-0.2, 0) is 4.79 Å². The monoisotopic (exact) mass is 266 g/mol. The van der Waals surface area contributed by atoms with E-state index in [1.165, 1.54) is 22.2 Å². The Morgan fingerprint density at radius 3 is 2.94 bits per heavy atom. The number of benzene rings is 1. The number of rotatable bonds is 6. The predicted octanol–water partition coefficient (Wildman–Crippen LogP) is 4.48. The first-order chi connectivity index (χ1) is 8.22. The first kappa shape index (κ1) is 14.4. The largest absolute Gasteiger partial charge is 0.288 e. The highest BCUT2D eigenvalue weighted by atomic mass is 32.2. The SMILES string of the molecule is CCSc1cccc(C=CCCSC(C)=O)c1. The van der Waals surface area contributed by atoms with E-state index in [0.717, 1.165) is 17.9 Å². The summed E-state index contributed by atoms with van der Waals surface area (Å²) in [6, 6.07) is 8.52. The fourth-order valence-corrected chi connectivity index (χ4v) is 2.63. The lowest BCUT2D eigenvalue weighted by atomic mass is 10.2. The maximum atomic E-state index is 10.7. The number of carbonyl (C=O) groups excluding carboxylic acids is 1. The van der Waals surface area contributed by atoms with Crippen molar-refractivity contribution in [1.82, 2.24) is 0 Å². The van der Waals surface area contributed by atoms with Crippen molar-refractivity contribution >= 4 is 34.7 Å². The average molecular weight is 266 g/mol. The molecule has 1 aromatic carbocycles. The van der Waals surface area contributed by atoms with Crippen LogP contribution in [0, 0.1) is 0 Å². The maximum absolute atomic E-state index is 10.7. The van der Waals surface area contributed by atoms with Crippen molar-refractivity contribution in [2.24, 2.45) is 0 Å². The van der Waals surface area contributed by atoms with E-state index in [2.05, 4.69) is 43.3 Å². The molecule has 0 aromatic heterocycles. The average Bonchev–Trinajstić information content (AvgIpc) is 2.29. The smallest absolute Gasteiger partial charge is 0.185 e. The molecule has 0 spiro atoms. The minimum atomic E-state index is 0.194. The quantitative estimate of drug-likeness (QED) is 0.558. The number of hydrogen-bond donors (Lipinski definition) is 0. The number of hydrogen-bond acceptors (Lipinski definition) is 3. The Balaban J connectivity index is 2.42. The molecule has 3 heteroatoms. The molecule has 0 bridgehead atoms. The van der Waals surface area contributed by atoms with Gasteiger partial charge < -0.3 is 0 Å². The van der Waals surface area contributed by atoms with Crippen LogP contribution in [0.25, 0.3) is 6.08 Å². The molecule has 0 unspecified atom stereocenters. The molecule has 0 heterocycles. The minimum Gasteiger partial charge on any atom is -0.288 e. The van der Waals surface area contributed by atoms with Crippen molar-refractivity contribution in [2.75, 3.05) is 11.5 Å². The molecule has 0 aliphatic heterocycles. The van der Waals surface area contributed by atoms with Crippen LogP contribution >= 0.6 is 23.5 Å². The zero-order valence-corrected chi connectivity index (χ0v) is 11.9. The van der Waals surface area contributed by atoms with Crippen molar-refractivity contribution < 1.29 is 4.79 Å². The summed E-state index contributed by atoms with van der Waals surface area (Å²) in [6.45, 7) is 3.77. The molecule has 0 amide bonds. The summed E-state index contributed by atoms with van der Waals surface area (Å²) in [5, 5.41) is 0.194. The molecule has 0 N–H and O–H groups in total. The summed E-state index contributed by atoms with van der Waals surface area (Å²) < 4.78 is 0. The van der Waals surface area contributed by atoms with Gasteiger partial charge in [0.1, 0.15) is 0 Å². The summed E-state index contributed by atoms with van der Waals surface area (Å²) in [4.78, 5) is 12.0. The van der Waals surface area contributed by atoms with E-state index in [1.54, 1.807) is 6.92 Å². The van der Waals surface area contributed by atoms with Crippen LogP contribution < -0.4 is 0 Å².